The highest BCUT2D eigenvalue weighted by Crippen LogP contribution is 2.24. The minimum Gasteiger partial charge on any atom is -0.379 e. The van der Waals surface area contributed by atoms with Gasteiger partial charge in [0.15, 0.2) is 0 Å². The van der Waals surface area contributed by atoms with Gasteiger partial charge in [0.2, 0.25) is 0 Å². The van der Waals surface area contributed by atoms with Crippen LogP contribution >= 0.6 is 0 Å². The summed E-state index contributed by atoms with van der Waals surface area (Å²) >= 11 is 0. The third-order valence-corrected chi connectivity index (χ3v) is 5.86. The van der Waals surface area contributed by atoms with Gasteiger partial charge in [0.25, 0.3) is 0 Å². The SMILES string of the molecule is C=CCc1ccc2nc(-c3ccc(/C=C/CCCC(C)OCCCCC)c(F)c3)ccc2c1. The van der Waals surface area contributed by atoms with Crippen LogP contribution in [-0.4, -0.2) is 17.7 Å². The van der Waals surface area contributed by atoms with Gasteiger partial charge in [0.05, 0.1) is 17.3 Å². The predicted molar refractivity (Wildman–Crippen MR) is 139 cm³/mol. The number of nitrogens with zero attached hydrogens (tertiary/aromatic N) is 1. The molecule has 33 heavy (non-hydrogen) atoms. The van der Waals surface area contributed by atoms with Crippen molar-refractivity contribution < 1.29 is 9.13 Å². The van der Waals surface area contributed by atoms with Crippen LogP contribution in [-0.2, 0) is 11.2 Å². The van der Waals surface area contributed by atoms with Gasteiger partial charge in [0.1, 0.15) is 5.82 Å². The van der Waals surface area contributed by atoms with Gasteiger partial charge in [-0.05, 0) is 68.9 Å². The Labute approximate surface area is 198 Å². The molecule has 3 rings (SSSR count). The molecule has 0 aliphatic heterocycles. The summed E-state index contributed by atoms with van der Waals surface area (Å²) < 4.78 is 20.6. The molecule has 0 aliphatic rings. The smallest absolute Gasteiger partial charge is 0.131 e. The first-order valence-electron chi connectivity index (χ1n) is 12.2. The number of hydrogen-bond donors (Lipinski definition) is 0. The minimum atomic E-state index is -0.223. The number of halogens is 1. The lowest BCUT2D eigenvalue weighted by Crippen LogP contribution is -2.08. The van der Waals surface area contributed by atoms with E-state index in [1.54, 1.807) is 6.07 Å². The van der Waals surface area contributed by atoms with Crippen molar-refractivity contribution in [1.29, 1.82) is 0 Å². The molecule has 1 aromatic heterocycles. The van der Waals surface area contributed by atoms with Crippen LogP contribution < -0.4 is 0 Å². The molecule has 0 saturated heterocycles. The molecule has 1 heterocycles. The Hall–Kier alpha value is -2.78. The summed E-state index contributed by atoms with van der Waals surface area (Å²) in [5, 5.41) is 1.08. The van der Waals surface area contributed by atoms with E-state index in [2.05, 4.69) is 38.6 Å². The van der Waals surface area contributed by atoms with Crippen LogP contribution in [0.2, 0.25) is 0 Å². The second-order valence-corrected chi connectivity index (χ2v) is 8.67. The normalized spacial score (nSPS) is 12.5. The van der Waals surface area contributed by atoms with Crippen LogP contribution in [0, 0.1) is 5.82 Å². The van der Waals surface area contributed by atoms with Crippen LogP contribution in [0.3, 0.4) is 0 Å². The molecule has 3 heteroatoms. The highest BCUT2D eigenvalue weighted by Gasteiger charge is 2.06. The third kappa shape index (κ3) is 7.64. The maximum absolute atomic E-state index is 14.7. The molecule has 0 spiro atoms. The molecule has 0 saturated carbocycles. The lowest BCUT2D eigenvalue weighted by molar-refractivity contribution is 0.0566. The molecule has 0 amide bonds. The number of pyridine rings is 1. The Bertz CT molecular complexity index is 1070. The van der Waals surface area contributed by atoms with Gasteiger partial charge in [-0.15, -0.1) is 6.58 Å². The molecule has 2 nitrogen and oxygen atoms in total. The van der Waals surface area contributed by atoms with Crippen LogP contribution in [0.25, 0.3) is 28.2 Å². The van der Waals surface area contributed by atoms with E-state index in [0.717, 1.165) is 60.9 Å². The lowest BCUT2D eigenvalue weighted by Gasteiger charge is -2.12. The quantitative estimate of drug-likeness (QED) is 0.194. The second kappa shape index (κ2) is 13.1. The van der Waals surface area contributed by atoms with E-state index in [4.69, 9.17) is 9.72 Å². The molecule has 0 aliphatic carbocycles. The molecular formula is C30H36FNO. The van der Waals surface area contributed by atoms with Gasteiger partial charge in [-0.1, -0.05) is 62.3 Å². The Morgan fingerprint density at radius 1 is 1.06 bits per heavy atom. The largest absolute Gasteiger partial charge is 0.379 e. The van der Waals surface area contributed by atoms with Crippen molar-refractivity contribution in [1.82, 2.24) is 4.98 Å². The number of hydrogen-bond acceptors (Lipinski definition) is 2. The van der Waals surface area contributed by atoms with Crippen molar-refractivity contribution in [3.63, 3.8) is 0 Å². The van der Waals surface area contributed by atoms with E-state index in [1.165, 1.54) is 18.4 Å². The Morgan fingerprint density at radius 2 is 1.94 bits per heavy atom. The summed E-state index contributed by atoms with van der Waals surface area (Å²) in [5.74, 6) is -0.223. The van der Waals surface area contributed by atoms with Crippen LogP contribution in [0.1, 0.15) is 63.5 Å². The number of aromatic nitrogens is 1. The first-order valence-corrected chi connectivity index (χ1v) is 12.2. The Morgan fingerprint density at radius 3 is 2.73 bits per heavy atom. The number of allylic oxidation sites excluding steroid dienone is 2. The van der Waals surface area contributed by atoms with Crippen molar-refractivity contribution in [2.45, 2.75) is 64.9 Å². The van der Waals surface area contributed by atoms with Crippen molar-refractivity contribution in [2.24, 2.45) is 0 Å². The first-order chi connectivity index (χ1) is 16.1. The molecule has 2 aromatic carbocycles. The zero-order valence-corrected chi connectivity index (χ0v) is 20.0. The summed E-state index contributed by atoms with van der Waals surface area (Å²) in [6, 6.07) is 15.6. The van der Waals surface area contributed by atoms with Crippen molar-refractivity contribution >= 4 is 17.0 Å². The van der Waals surface area contributed by atoms with E-state index < -0.39 is 0 Å². The van der Waals surface area contributed by atoms with Crippen LogP contribution in [0.5, 0.6) is 0 Å². The fourth-order valence-corrected chi connectivity index (χ4v) is 3.90. The highest BCUT2D eigenvalue weighted by molar-refractivity contribution is 5.82. The summed E-state index contributed by atoms with van der Waals surface area (Å²) in [5.41, 5.74) is 4.30. The molecule has 0 fully saturated rings. The third-order valence-electron chi connectivity index (χ3n) is 5.86. The van der Waals surface area contributed by atoms with Crippen molar-refractivity contribution in [2.75, 3.05) is 6.61 Å². The standard InChI is InChI=1S/C30H36FNO/c1-4-6-10-20-33-23(3)12-8-7-9-13-25-15-16-27(22-28(25)31)30-19-17-26-21-24(11-5-2)14-18-29(26)32-30/h5,9,13-19,21-23H,2,4,6-8,10-12,20H2,1,3H3/b13-9+. The number of unbranched alkanes of at least 4 members (excludes halogenated alkanes) is 3. The molecule has 1 unspecified atom stereocenters. The van der Waals surface area contributed by atoms with Crippen LogP contribution in [0.15, 0.2) is 67.3 Å². The molecule has 0 radical (unpaired) electrons. The van der Waals surface area contributed by atoms with Gasteiger partial charge in [-0.25, -0.2) is 9.37 Å². The maximum Gasteiger partial charge on any atom is 0.131 e. The molecule has 0 N–H and O–H groups in total. The van der Waals surface area contributed by atoms with E-state index in [9.17, 15) is 4.39 Å². The number of benzene rings is 2. The fourth-order valence-electron chi connectivity index (χ4n) is 3.90. The van der Waals surface area contributed by atoms with Crippen molar-refractivity contribution in [3.8, 4) is 11.3 Å². The van der Waals surface area contributed by atoms with E-state index in [0.29, 0.717) is 5.56 Å². The molecule has 0 bridgehead atoms. The van der Waals surface area contributed by atoms with E-state index in [-0.39, 0.29) is 11.9 Å². The van der Waals surface area contributed by atoms with Gasteiger partial charge in [-0.2, -0.15) is 0 Å². The summed E-state index contributed by atoms with van der Waals surface area (Å²) in [7, 11) is 0. The minimum absolute atomic E-state index is 0.223. The maximum atomic E-state index is 14.7. The molecular weight excluding hydrogens is 409 g/mol. The fraction of sp³-hybridized carbons (Fsp3) is 0.367. The van der Waals surface area contributed by atoms with E-state index in [1.807, 2.05) is 42.5 Å². The highest BCUT2D eigenvalue weighted by atomic mass is 19.1. The van der Waals surface area contributed by atoms with Gasteiger partial charge < -0.3 is 4.74 Å². The lowest BCUT2D eigenvalue weighted by atomic mass is 10.0. The first kappa shape index (κ1) is 24.9. The Balaban J connectivity index is 1.55. The predicted octanol–water partition coefficient (Wildman–Crippen LogP) is 8.55. The molecule has 1 atom stereocenters. The monoisotopic (exact) mass is 445 g/mol. The van der Waals surface area contributed by atoms with E-state index >= 15 is 0 Å². The van der Waals surface area contributed by atoms with Gasteiger partial charge >= 0.3 is 0 Å². The number of fused-ring (bicyclic) bond motifs is 1. The number of rotatable bonds is 13. The zero-order valence-electron chi connectivity index (χ0n) is 20.0. The van der Waals surface area contributed by atoms with Gasteiger partial charge in [-0.3, -0.25) is 0 Å². The average Bonchev–Trinajstić information content (AvgIpc) is 2.82. The molecule has 3 aromatic rings. The summed E-state index contributed by atoms with van der Waals surface area (Å²) in [4.78, 5) is 4.73. The van der Waals surface area contributed by atoms with Crippen LogP contribution in [0.4, 0.5) is 4.39 Å². The topological polar surface area (TPSA) is 22.1 Å². The number of ether oxygens (including phenoxy) is 1. The summed E-state index contributed by atoms with van der Waals surface area (Å²) in [6.45, 7) is 8.98. The molecule has 174 valence electrons. The van der Waals surface area contributed by atoms with Crippen molar-refractivity contribution in [3.05, 3.63) is 84.2 Å². The second-order valence-electron chi connectivity index (χ2n) is 8.67. The average molecular weight is 446 g/mol. The Kier molecular flexibility index (Phi) is 9.83. The zero-order chi connectivity index (χ0) is 23.5. The summed E-state index contributed by atoms with van der Waals surface area (Å²) in [6.07, 6.45) is 13.5. The van der Waals surface area contributed by atoms with Gasteiger partial charge in [0, 0.05) is 23.1 Å².